The van der Waals surface area contributed by atoms with Crippen LogP contribution in [0.25, 0.3) is 0 Å². The van der Waals surface area contributed by atoms with Gasteiger partial charge in [-0.05, 0) is 24.6 Å². The number of hydrogen-bond acceptors (Lipinski definition) is 2. The van der Waals surface area contributed by atoms with Crippen molar-refractivity contribution in [2.24, 2.45) is 5.73 Å². The summed E-state index contributed by atoms with van der Waals surface area (Å²) < 4.78 is 13.0. The van der Waals surface area contributed by atoms with Crippen LogP contribution in [0.15, 0.2) is 18.2 Å². The molecule has 0 heterocycles. The molecule has 0 radical (unpaired) electrons. The fourth-order valence-corrected chi connectivity index (χ4v) is 0.988. The lowest BCUT2D eigenvalue weighted by Gasteiger charge is -2.06. The van der Waals surface area contributed by atoms with Crippen LogP contribution in [-0.2, 0) is 0 Å². The van der Waals surface area contributed by atoms with E-state index in [4.69, 9.17) is 10.8 Å². The maximum atomic E-state index is 13.0. The highest BCUT2D eigenvalue weighted by Gasteiger charge is 2.11. The standard InChI is InChI=1S/C9H10FNO2/c1-5(11)6-2-3-7(9(12)13)8(10)4-6/h2-5H,11H2,1H3,(H,12,13)/t5-/m1/s1. The summed E-state index contributed by atoms with van der Waals surface area (Å²) in [6, 6.07) is 3.58. The van der Waals surface area contributed by atoms with E-state index in [0.29, 0.717) is 5.56 Å². The minimum atomic E-state index is -1.27. The molecule has 70 valence electrons. The number of aromatic carboxylic acids is 1. The molecule has 0 aliphatic heterocycles. The molecule has 0 spiro atoms. The summed E-state index contributed by atoms with van der Waals surface area (Å²) in [6.45, 7) is 1.70. The topological polar surface area (TPSA) is 63.3 Å². The van der Waals surface area contributed by atoms with Gasteiger partial charge in [-0.3, -0.25) is 0 Å². The number of benzene rings is 1. The van der Waals surface area contributed by atoms with Gasteiger partial charge in [0.2, 0.25) is 0 Å². The van der Waals surface area contributed by atoms with E-state index in [2.05, 4.69) is 0 Å². The van der Waals surface area contributed by atoms with E-state index >= 15 is 0 Å². The van der Waals surface area contributed by atoms with Crippen molar-refractivity contribution < 1.29 is 14.3 Å². The maximum absolute atomic E-state index is 13.0. The molecule has 0 bridgehead atoms. The molecule has 3 nitrogen and oxygen atoms in total. The SMILES string of the molecule is C[C@@H](N)c1ccc(C(=O)O)c(F)c1. The van der Waals surface area contributed by atoms with Gasteiger partial charge in [0, 0.05) is 6.04 Å². The highest BCUT2D eigenvalue weighted by atomic mass is 19.1. The van der Waals surface area contributed by atoms with Crippen molar-refractivity contribution in [2.45, 2.75) is 13.0 Å². The summed E-state index contributed by atoms with van der Waals surface area (Å²) in [4.78, 5) is 10.4. The average Bonchev–Trinajstić information content (AvgIpc) is 2.03. The Kier molecular flexibility index (Phi) is 2.63. The number of carboxylic acid groups (broad SMARTS) is 1. The molecule has 1 aromatic rings. The number of rotatable bonds is 2. The first kappa shape index (κ1) is 9.67. The Bertz CT molecular complexity index is 336. The number of carboxylic acids is 1. The third-order valence-electron chi connectivity index (χ3n) is 1.75. The van der Waals surface area contributed by atoms with Crippen molar-refractivity contribution in [3.63, 3.8) is 0 Å². The zero-order valence-electron chi connectivity index (χ0n) is 7.12. The first-order valence-electron chi connectivity index (χ1n) is 3.80. The number of carbonyl (C=O) groups is 1. The number of nitrogens with two attached hydrogens (primary N) is 1. The lowest BCUT2D eigenvalue weighted by atomic mass is 10.1. The lowest BCUT2D eigenvalue weighted by Crippen LogP contribution is -2.07. The van der Waals surface area contributed by atoms with Gasteiger partial charge in [0.1, 0.15) is 5.82 Å². The molecule has 13 heavy (non-hydrogen) atoms. The van der Waals surface area contributed by atoms with E-state index in [1.54, 1.807) is 6.92 Å². The smallest absolute Gasteiger partial charge is 0.338 e. The molecule has 1 rings (SSSR count). The monoisotopic (exact) mass is 183 g/mol. The quantitative estimate of drug-likeness (QED) is 0.731. The van der Waals surface area contributed by atoms with Gasteiger partial charge in [0.05, 0.1) is 5.56 Å². The average molecular weight is 183 g/mol. The predicted octanol–water partition coefficient (Wildman–Crippen LogP) is 1.54. The number of hydrogen-bond donors (Lipinski definition) is 2. The Morgan fingerprint density at radius 3 is 2.62 bits per heavy atom. The Labute approximate surface area is 75.0 Å². The van der Waals surface area contributed by atoms with Crippen molar-refractivity contribution in [1.82, 2.24) is 0 Å². The molecule has 0 saturated carbocycles. The normalized spacial score (nSPS) is 12.5. The Balaban J connectivity index is 3.13. The summed E-state index contributed by atoms with van der Waals surface area (Å²) in [5.41, 5.74) is 5.75. The van der Waals surface area contributed by atoms with E-state index in [9.17, 15) is 9.18 Å². The molecule has 0 aromatic heterocycles. The van der Waals surface area contributed by atoms with E-state index < -0.39 is 11.8 Å². The van der Waals surface area contributed by atoms with Gasteiger partial charge < -0.3 is 10.8 Å². The van der Waals surface area contributed by atoms with Gasteiger partial charge in [0.25, 0.3) is 0 Å². The van der Waals surface area contributed by atoms with Crippen molar-refractivity contribution >= 4 is 5.97 Å². The summed E-state index contributed by atoms with van der Waals surface area (Å²) in [7, 11) is 0. The van der Waals surface area contributed by atoms with Gasteiger partial charge >= 0.3 is 5.97 Å². The van der Waals surface area contributed by atoms with Crippen molar-refractivity contribution in [1.29, 1.82) is 0 Å². The second kappa shape index (κ2) is 3.53. The Morgan fingerprint density at radius 2 is 2.23 bits per heavy atom. The van der Waals surface area contributed by atoms with Gasteiger partial charge in [-0.2, -0.15) is 0 Å². The molecule has 4 heteroatoms. The molecule has 0 aliphatic rings. The largest absolute Gasteiger partial charge is 0.478 e. The lowest BCUT2D eigenvalue weighted by molar-refractivity contribution is 0.0692. The zero-order chi connectivity index (χ0) is 10.0. The molecule has 0 saturated heterocycles. The second-order valence-electron chi connectivity index (χ2n) is 2.83. The van der Waals surface area contributed by atoms with Crippen LogP contribution in [0.5, 0.6) is 0 Å². The van der Waals surface area contributed by atoms with Crippen molar-refractivity contribution in [3.05, 3.63) is 35.1 Å². The van der Waals surface area contributed by atoms with E-state index in [1.165, 1.54) is 12.1 Å². The molecule has 0 aliphatic carbocycles. The van der Waals surface area contributed by atoms with Crippen molar-refractivity contribution in [3.8, 4) is 0 Å². The molecular weight excluding hydrogens is 173 g/mol. The van der Waals surface area contributed by atoms with Crippen LogP contribution in [0, 0.1) is 5.82 Å². The fraction of sp³-hybridized carbons (Fsp3) is 0.222. The van der Waals surface area contributed by atoms with Gasteiger partial charge in [-0.25, -0.2) is 9.18 Å². The second-order valence-corrected chi connectivity index (χ2v) is 2.83. The van der Waals surface area contributed by atoms with Crippen LogP contribution in [0.1, 0.15) is 28.9 Å². The first-order valence-corrected chi connectivity index (χ1v) is 3.80. The summed E-state index contributed by atoms with van der Waals surface area (Å²) in [5.74, 6) is -2.02. The van der Waals surface area contributed by atoms with Gasteiger partial charge in [0.15, 0.2) is 0 Å². The van der Waals surface area contributed by atoms with Crippen molar-refractivity contribution in [2.75, 3.05) is 0 Å². The minimum absolute atomic E-state index is 0.294. The summed E-state index contributed by atoms with van der Waals surface area (Å²) >= 11 is 0. The fourth-order valence-electron chi connectivity index (χ4n) is 0.988. The summed E-state index contributed by atoms with van der Waals surface area (Å²) in [6.07, 6.45) is 0. The van der Waals surface area contributed by atoms with Crippen LogP contribution in [-0.4, -0.2) is 11.1 Å². The highest BCUT2D eigenvalue weighted by molar-refractivity contribution is 5.87. The molecule has 1 atom stereocenters. The number of halogens is 1. The molecular formula is C9H10FNO2. The Morgan fingerprint density at radius 1 is 1.62 bits per heavy atom. The molecule has 0 amide bonds. The highest BCUT2D eigenvalue weighted by Crippen LogP contribution is 2.14. The molecule has 0 fully saturated rings. The van der Waals surface area contributed by atoms with E-state index in [1.807, 2.05) is 0 Å². The first-order chi connectivity index (χ1) is 6.02. The maximum Gasteiger partial charge on any atom is 0.338 e. The van der Waals surface area contributed by atoms with Crippen LogP contribution in [0.4, 0.5) is 4.39 Å². The molecule has 3 N–H and O–H groups in total. The van der Waals surface area contributed by atoms with Gasteiger partial charge in [-0.15, -0.1) is 0 Å². The zero-order valence-corrected chi connectivity index (χ0v) is 7.12. The van der Waals surface area contributed by atoms with Crippen LogP contribution in [0.2, 0.25) is 0 Å². The third kappa shape index (κ3) is 2.03. The molecule has 1 aromatic carbocycles. The molecule has 0 unspecified atom stereocenters. The predicted molar refractivity (Wildman–Crippen MR) is 46.0 cm³/mol. The van der Waals surface area contributed by atoms with E-state index in [-0.39, 0.29) is 11.6 Å². The van der Waals surface area contributed by atoms with Gasteiger partial charge in [-0.1, -0.05) is 6.07 Å². The van der Waals surface area contributed by atoms with E-state index in [0.717, 1.165) is 6.07 Å². The minimum Gasteiger partial charge on any atom is -0.478 e. The Hall–Kier alpha value is -1.42. The van der Waals surface area contributed by atoms with Crippen LogP contribution in [0.3, 0.4) is 0 Å². The third-order valence-corrected chi connectivity index (χ3v) is 1.75. The van der Waals surface area contributed by atoms with Crippen LogP contribution >= 0.6 is 0 Å². The summed E-state index contributed by atoms with van der Waals surface area (Å²) in [5, 5.41) is 8.52. The van der Waals surface area contributed by atoms with Crippen LogP contribution < -0.4 is 5.73 Å².